The Kier molecular flexibility index (Phi) is 4.23. The largest absolute Gasteiger partial charge is 0.411 e. The summed E-state index contributed by atoms with van der Waals surface area (Å²) >= 11 is 8.68. The summed E-state index contributed by atoms with van der Waals surface area (Å²) < 4.78 is 50.3. The number of nitrogens with zero attached hydrogens (tertiary/aromatic N) is 1. The second-order valence-electron chi connectivity index (χ2n) is 2.87. The molecule has 0 heterocycles. The SMILES string of the molecule is CC(CC(O)(C(F)(F)Cl)C(F)(F)Cl)=NO. The summed E-state index contributed by atoms with van der Waals surface area (Å²) in [5.41, 5.74) is -4.60. The predicted molar refractivity (Wildman–Crippen MR) is 46.1 cm³/mol. The van der Waals surface area contributed by atoms with Crippen LogP contribution >= 0.6 is 23.2 Å². The summed E-state index contributed by atoms with van der Waals surface area (Å²) in [4.78, 5) is 0. The van der Waals surface area contributed by atoms with Gasteiger partial charge in [0.25, 0.3) is 0 Å². The molecule has 0 aliphatic heterocycles. The van der Waals surface area contributed by atoms with Gasteiger partial charge in [0, 0.05) is 6.42 Å². The zero-order chi connectivity index (χ0) is 12.5. The van der Waals surface area contributed by atoms with Crippen LogP contribution in [-0.2, 0) is 0 Å². The Morgan fingerprint density at radius 1 is 1.20 bits per heavy atom. The molecule has 9 heteroatoms. The number of oxime groups is 1. The Labute approximate surface area is 92.3 Å². The van der Waals surface area contributed by atoms with E-state index in [1.165, 1.54) is 0 Å². The minimum atomic E-state index is -4.68. The summed E-state index contributed by atoms with van der Waals surface area (Å²) in [6, 6.07) is 0. The van der Waals surface area contributed by atoms with Crippen LogP contribution in [0.5, 0.6) is 0 Å². The molecule has 0 rings (SSSR count). The molecule has 0 saturated carbocycles. The Hall–Kier alpha value is -0.270. The highest BCUT2D eigenvalue weighted by Crippen LogP contribution is 2.47. The van der Waals surface area contributed by atoms with Crippen LogP contribution in [0.4, 0.5) is 17.6 Å². The van der Waals surface area contributed by atoms with E-state index in [4.69, 9.17) is 10.3 Å². The maximum Gasteiger partial charge on any atom is 0.357 e. The van der Waals surface area contributed by atoms with Gasteiger partial charge in [-0.25, -0.2) is 0 Å². The first kappa shape index (κ1) is 14.7. The maximum absolute atomic E-state index is 12.6. The smallest absolute Gasteiger partial charge is 0.357 e. The average Bonchev–Trinajstić information content (AvgIpc) is 1.99. The molecular weight excluding hydrogens is 265 g/mol. The lowest BCUT2D eigenvalue weighted by atomic mass is 9.97. The van der Waals surface area contributed by atoms with Gasteiger partial charge in [-0.1, -0.05) is 5.16 Å². The Morgan fingerprint density at radius 2 is 1.53 bits per heavy atom. The van der Waals surface area contributed by atoms with Crippen molar-refractivity contribution < 1.29 is 27.9 Å². The summed E-state index contributed by atoms with van der Waals surface area (Å²) in [7, 11) is 0. The van der Waals surface area contributed by atoms with Gasteiger partial charge in [-0.2, -0.15) is 17.6 Å². The topological polar surface area (TPSA) is 52.8 Å². The first-order valence-corrected chi connectivity index (χ1v) is 4.24. The van der Waals surface area contributed by atoms with Gasteiger partial charge >= 0.3 is 10.8 Å². The molecule has 0 amide bonds. The van der Waals surface area contributed by atoms with Crippen molar-refractivity contribution in [2.75, 3.05) is 0 Å². The fourth-order valence-electron chi connectivity index (χ4n) is 0.767. The van der Waals surface area contributed by atoms with Gasteiger partial charge in [-0.05, 0) is 30.1 Å². The van der Waals surface area contributed by atoms with E-state index in [0.717, 1.165) is 6.92 Å². The van der Waals surface area contributed by atoms with Crippen molar-refractivity contribution in [3.8, 4) is 0 Å². The summed E-state index contributed by atoms with van der Waals surface area (Å²) in [6.45, 7) is 0.941. The first-order valence-electron chi connectivity index (χ1n) is 3.49. The summed E-state index contributed by atoms with van der Waals surface area (Å²) in [6.07, 6.45) is -1.38. The van der Waals surface area contributed by atoms with Crippen molar-refractivity contribution >= 4 is 28.9 Å². The zero-order valence-electron chi connectivity index (χ0n) is 7.32. The van der Waals surface area contributed by atoms with Gasteiger partial charge in [-0.15, -0.1) is 0 Å². The van der Waals surface area contributed by atoms with Crippen molar-refractivity contribution in [3.05, 3.63) is 0 Å². The standard InChI is InChI=1S/C6H7Cl2F4NO2/c1-3(13-15)2-4(14,5(7,9)10)6(8,11)12/h14-15H,2H2,1H3. The third-order valence-electron chi connectivity index (χ3n) is 1.62. The van der Waals surface area contributed by atoms with Gasteiger partial charge in [0.1, 0.15) is 0 Å². The summed E-state index contributed by atoms with van der Waals surface area (Å²) in [5.74, 6) is 0. The minimum Gasteiger partial charge on any atom is -0.411 e. The predicted octanol–water partition coefficient (Wildman–Crippen LogP) is 2.62. The molecule has 2 N–H and O–H groups in total. The third kappa shape index (κ3) is 3.09. The van der Waals surface area contributed by atoms with Crippen LogP contribution in [0.15, 0.2) is 5.16 Å². The highest BCUT2D eigenvalue weighted by molar-refractivity contribution is 6.26. The molecule has 0 spiro atoms. The monoisotopic (exact) mass is 271 g/mol. The maximum atomic E-state index is 12.6. The number of alkyl halides is 6. The van der Waals surface area contributed by atoms with Crippen LogP contribution in [0.3, 0.4) is 0 Å². The molecule has 0 unspecified atom stereocenters. The molecule has 0 aromatic rings. The first-order chi connectivity index (χ1) is 6.45. The Balaban J connectivity index is 5.25. The Bertz CT molecular complexity index is 247. The van der Waals surface area contributed by atoms with E-state index in [1.54, 1.807) is 0 Å². The van der Waals surface area contributed by atoms with E-state index in [0.29, 0.717) is 0 Å². The molecule has 0 aromatic carbocycles. The van der Waals surface area contributed by atoms with Crippen molar-refractivity contribution in [1.29, 1.82) is 0 Å². The lowest BCUT2D eigenvalue weighted by Gasteiger charge is -2.34. The zero-order valence-corrected chi connectivity index (χ0v) is 8.83. The number of halogens is 6. The number of rotatable bonds is 4. The van der Waals surface area contributed by atoms with Crippen molar-refractivity contribution in [3.63, 3.8) is 0 Å². The quantitative estimate of drug-likeness (QED) is 0.272. The van der Waals surface area contributed by atoms with E-state index in [2.05, 4.69) is 28.4 Å². The highest BCUT2D eigenvalue weighted by Gasteiger charge is 2.66. The van der Waals surface area contributed by atoms with Gasteiger partial charge in [0.15, 0.2) is 0 Å². The van der Waals surface area contributed by atoms with Crippen molar-refractivity contribution in [2.45, 2.75) is 29.7 Å². The van der Waals surface area contributed by atoms with Crippen LogP contribution in [0.25, 0.3) is 0 Å². The van der Waals surface area contributed by atoms with Crippen molar-refractivity contribution in [1.82, 2.24) is 0 Å². The second-order valence-corrected chi connectivity index (χ2v) is 3.82. The molecule has 0 aliphatic rings. The van der Waals surface area contributed by atoms with E-state index in [-0.39, 0.29) is 0 Å². The van der Waals surface area contributed by atoms with Gasteiger partial charge in [-0.3, -0.25) is 0 Å². The molecule has 0 fully saturated rings. The fraction of sp³-hybridized carbons (Fsp3) is 0.833. The molecular formula is C6H7Cl2F4NO2. The van der Waals surface area contributed by atoms with E-state index in [1.807, 2.05) is 0 Å². The second kappa shape index (κ2) is 4.31. The lowest BCUT2D eigenvalue weighted by Crippen LogP contribution is -2.56. The molecule has 0 aromatic heterocycles. The number of hydrogen-bond donors (Lipinski definition) is 2. The van der Waals surface area contributed by atoms with Gasteiger partial charge in [0.2, 0.25) is 5.60 Å². The van der Waals surface area contributed by atoms with E-state index in [9.17, 15) is 17.6 Å². The van der Waals surface area contributed by atoms with Crippen LogP contribution in [-0.4, -0.2) is 32.4 Å². The molecule has 15 heavy (non-hydrogen) atoms. The summed E-state index contributed by atoms with van der Waals surface area (Å²) in [5, 5.41) is 10.2. The molecule has 90 valence electrons. The van der Waals surface area contributed by atoms with Crippen LogP contribution < -0.4 is 0 Å². The molecule has 0 bridgehead atoms. The van der Waals surface area contributed by atoms with E-state index >= 15 is 0 Å². The van der Waals surface area contributed by atoms with Gasteiger partial charge in [0.05, 0.1) is 5.71 Å². The average molecular weight is 272 g/mol. The lowest BCUT2D eigenvalue weighted by molar-refractivity contribution is -0.212. The fourth-order valence-corrected chi connectivity index (χ4v) is 1.19. The Morgan fingerprint density at radius 3 is 1.73 bits per heavy atom. The molecule has 0 aliphatic carbocycles. The number of hydrogen-bond acceptors (Lipinski definition) is 3. The molecule has 0 radical (unpaired) electrons. The number of aliphatic hydroxyl groups is 1. The minimum absolute atomic E-state index is 0.571. The highest BCUT2D eigenvalue weighted by atomic mass is 35.5. The molecule has 0 saturated heterocycles. The van der Waals surface area contributed by atoms with Crippen LogP contribution in [0.2, 0.25) is 0 Å². The van der Waals surface area contributed by atoms with Crippen molar-refractivity contribution in [2.24, 2.45) is 5.16 Å². The molecule has 3 nitrogen and oxygen atoms in total. The van der Waals surface area contributed by atoms with Crippen LogP contribution in [0.1, 0.15) is 13.3 Å². The van der Waals surface area contributed by atoms with Gasteiger partial charge < -0.3 is 10.3 Å². The van der Waals surface area contributed by atoms with E-state index < -0.39 is 28.5 Å². The normalized spacial score (nSPS) is 15.6. The third-order valence-corrected chi connectivity index (χ3v) is 2.25. The van der Waals surface area contributed by atoms with Crippen LogP contribution in [0, 0.1) is 0 Å². The molecule has 0 atom stereocenters.